The molecule has 0 radical (unpaired) electrons. The molecule has 19 heavy (non-hydrogen) atoms. The second-order valence-electron chi connectivity index (χ2n) is 4.21. The van der Waals surface area contributed by atoms with Gasteiger partial charge >= 0.3 is 12.1 Å². The summed E-state index contributed by atoms with van der Waals surface area (Å²) in [5.74, 6) is -0.883. The number of carboxylic acids is 1. The van der Waals surface area contributed by atoms with Crippen molar-refractivity contribution in [2.24, 2.45) is 0 Å². The number of halogens is 3. The van der Waals surface area contributed by atoms with Gasteiger partial charge in [-0.1, -0.05) is 19.1 Å². The van der Waals surface area contributed by atoms with Crippen LogP contribution in [0.4, 0.5) is 13.2 Å². The lowest BCUT2D eigenvalue weighted by atomic mass is 10.1. The first-order valence-corrected chi connectivity index (χ1v) is 5.93. The van der Waals surface area contributed by atoms with E-state index >= 15 is 0 Å². The summed E-state index contributed by atoms with van der Waals surface area (Å²) in [4.78, 5) is 12.3. The minimum absolute atomic E-state index is 0.0223. The van der Waals surface area contributed by atoms with Crippen LogP contribution in [0.3, 0.4) is 0 Å². The Kier molecular flexibility index (Phi) is 5.35. The molecule has 106 valence electrons. The minimum atomic E-state index is -4.33. The molecule has 0 amide bonds. The number of hydrogen-bond acceptors (Lipinski definition) is 2. The summed E-state index contributed by atoms with van der Waals surface area (Å²) >= 11 is 0. The third-order valence-electron chi connectivity index (χ3n) is 2.78. The van der Waals surface area contributed by atoms with Gasteiger partial charge in [0, 0.05) is 13.1 Å². The quantitative estimate of drug-likeness (QED) is 0.867. The summed E-state index contributed by atoms with van der Waals surface area (Å²) in [7, 11) is 0. The van der Waals surface area contributed by atoms with Crippen LogP contribution in [0.1, 0.15) is 24.5 Å². The van der Waals surface area contributed by atoms with Gasteiger partial charge in [0.1, 0.15) is 0 Å². The van der Waals surface area contributed by atoms with Crippen molar-refractivity contribution in [1.29, 1.82) is 0 Å². The largest absolute Gasteiger partial charge is 0.481 e. The van der Waals surface area contributed by atoms with Crippen molar-refractivity contribution >= 4 is 5.97 Å². The SMILES string of the molecule is CCN(CCC(=O)O)Cc1ccc(C(F)(F)F)cc1. The lowest BCUT2D eigenvalue weighted by Gasteiger charge is -2.19. The molecule has 1 rings (SSSR count). The van der Waals surface area contributed by atoms with Gasteiger partial charge in [0.05, 0.1) is 12.0 Å². The van der Waals surface area contributed by atoms with Crippen LogP contribution in [-0.4, -0.2) is 29.1 Å². The van der Waals surface area contributed by atoms with Crippen LogP contribution in [-0.2, 0) is 17.5 Å². The molecule has 0 bridgehead atoms. The Balaban J connectivity index is 2.63. The standard InChI is InChI=1S/C13H16F3NO2/c1-2-17(8-7-12(18)19)9-10-3-5-11(6-4-10)13(14,15)16/h3-6H,2,7-9H2,1H3,(H,18,19). The van der Waals surface area contributed by atoms with E-state index in [4.69, 9.17) is 5.11 Å². The number of nitrogens with zero attached hydrogens (tertiary/aromatic N) is 1. The van der Waals surface area contributed by atoms with E-state index in [0.29, 0.717) is 19.6 Å². The van der Waals surface area contributed by atoms with Crippen LogP contribution < -0.4 is 0 Å². The molecule has 1 aromatic rings. The Hall–Kier alpha value is -1.56. The molecular weight excluding hydrogens is 259 g/mol. The maximum atomic E-state index is 12.4. The zero-order valence-electron chi connectivity index (χ0n) is 10.6. The fourth-order valence-corrected chi connectivity index (χ4v) is 1.66. The van der Waals surface area contributed by atoms with E-state index in [2.05, 4.69) is 0 Å². The van der Waals surface area contributed by atoms with Crippen molar-refractivity contribution in [1.82, 2.24) is 4.90 Å². The van der Waals surface area contributed by atoms with Gasteiger partial charge in [-0.05, 0) is 24.2 Å². The van der Waals surface area contributed by atoms with Crippen LogP contribution in [0.5, 0.6) is 0 Å². The van der Waals surface area contributed by atoms with Gasteiger partial charge in [0.2, 0.25) is 0 Å². The van der Waals surface area contributed by atoms with E-state index in [9.17, 15) is 18.0 Å². The highest BCUT2D eigenvalue weighted by molar-refractivity contribution is 5.66. The normalized spacial score (nSPS) is 11.8. The molecule has 0 spiro atoms. The molecule has 0 heterocycles. The minimum Gasteiger partial charge on any atom is -0.481 e. The van der Waals surface area contributed by atoms with Crippen molar-refractivity contribution in [3.63, 3.8) is 0 Å². The molecule has 0 saturated heterocycles. The molecule has 1 aromatic carbocycles. The molecule has 0 atom stereocenters. The lowest BCUT2D eigenvalue weighted by molar-refractivity contribution is -0.138. The second kappa shape index (κ2) is 6.56. The van der Waals surface area contributed by atoms with Crippen LogP contribution in [0, 0.1) is 0 Å². The molecule has 0 aliphatic carbocycles. The molecule has 0 aliphatic rings. The van der Waals surface area contributed by atoms with E-state index in [0.717, 1.165) is 17.7 Å². The smallest absolute Gasteiger partial charge is 0.416 e. The summed E-state index contributed by atoms with van der Waals surface area (Å²) in [6.45, 7) is 3.36. The van der Waals surface area contributed by atoms with Gasteiger partial charge in [0.25, 0.3) is 0 Å². The number of carboxylic acid groups (broad SMARTS) is 1. The molecule has 1 N–H and O–H groups in total. The Morgan fingerprint density at radius 1 is 1.26 bits per heavy atom. The van der Waals surface area contributed by atoms with Crippen LogP contribution in [0.15, 0.2) is 24.3 Å². The van der Waals surface area contributed by atoms with Crippen LogP contribution >= 0.6 is 0 Å². The zero-order valence-corrected chi connectivity index (χ0v) is 10.6. The topological polar surface area (TPSA) is 40.5 Å². The van der Waals surface area contributed by atoms with Gasteiger partial charge in [-0.3, -0.25) is 9.69 Å². The van der Waals surface area contributed by atoms with E-state index in [1.54, 1.807) is 0 Å². The fraction of sp³-hybridized carbons (Fsp3) is 0.462. The average Bonchev–Trinajstić information content (AvgIpc) is 2.33. The van der Waals surface area contributed by atoms with Crippen molar-refractivity contribution in [2.75, 3.05) is 13.1 Å². The van der Waals surface area contributed by atoms with E-state index in [1.165, 1.54) is 12.1 Å². The number of benzene rings is 1. The van der Waals surface area contributed by atoms with Gasteiger partial charge in [-0.2, -0.15) is 13.2 Å². The highest BCUT2D eigenvalue weighted by Crippen LogP contribution is 2.29. The fourth-order valence-electron chi connectivity index (χ4n) is 1.66. The Morgan fingerprint density at radius 2 is 1.84 bits per heavy atom. The number of alkyl halides is 3. The molecule has 0 saturated carbocycles. The Bertz CT molecular complexity index is 415. The molecule has 6 heteroatoms. The molecule has 0 aromatic heterocycles. The van der Waals surface area contributed by atoms with Gasteiger partial charge in [0.15, 0.2) is 0 Å². The molecular formula is C13H16F3NO2. The van der Waals surface area contributed by atoms with Crippen molar-refractivity contribution in [3.05, 3.63) is 35.4 Å². The summed E-state index contributed by atoms with van der Waals surface area (Å²) in [5, 5.41) is 8.60. The molecule has 0 aliphatic heterocycles. The maximum absolute atomic E-state index is 12.4. The predicted molar refractivity (Wildman–Crippen MR) is 64.6 cm³/mol. The summed E-state index contributed by atoms with van der Waals surface area (Å²) in [5.41, 5.74) is 0.0603. The van der Waals surface area contributed by atoms with Crippen LogP contribution in [0.25, 0.3) is 0 Å². The van der Waals surface area contributed by atoms with Gasteiger partial charge in [-0.25, -0.2) is 0 Å². The molecule has 3 nitrogen and oxygen atoms in total. The average molecular weight is 275 g/mol. The molecule has 0 fully saturated rings. The van der Waals surface area contributed by atoms with Crippen molar-refractivity contribution in [2.45, 2.75) is 26.1 Å². The number of carbonyl (C=O) groups is 1. The van der Waals surface area contributed by atoms with Crippen molar-refractivity contribution < 1.29 is 23.1 Å². The van der Waals surface area contributed by atoms with Crippen molar-refractivity contribution in [3.8, 4) is 0 Å². The summed E-state index contributed by atoms with van der Waals surface area (Å²) in [6, 6.07) is 4.93. The third kappa shape index (κ3) is 5.30. The Labute approximate surface area is 109 Å². The van der Waals surface area contributed by atoms with E-state index in [1.807, 2.05) is 11.8 Å². The maximum Gasteiger partial charge on any atom is 0.416 e. The van der Waals surface area contributed by atoms with Crippen LogP contribution in [0.2, 0.25) is 0 Å². The molecule has 0 unspecified atom stereocenters. The number of rotatable bonds is 6. The lowest BCUT2D eigenvalue weighted by Crippen LogP contribution is -2.25. The van der Waals surface area contributed by atoms with E-state index < -0.39 is 17.7 Å². The monoisotopic (exact) mass is 275 g/mol. The second-order valence-corrected chi connectivity index (χ2v) is 4.21. The van der Waals surface area contributed by atoms with Gasteiger partial charge < -0.3 is 5.11 Å². The summed E-state index contributed by atoms with van der Waals surface area (Å²) < 4.78 is 37.1. The third-order valence-corrected chi connectivity index (χ3v) is 2.78. The number of hydrogen-bond donors (Lipinski definition) is 1. The number of aliphatic carboxylic acids is 1. The first-order valence-electron chi connectivity index (χ1n) is 5.93. The first kappa shape index (κ1) is 15.5. The Morgan fingerprint density at radius 3 is 2.26 bits per heavy atom. The summed E-state index contributed by atoms with van der Waals surface area (Å²) in [6.07, 6.45) is -4.30. The van der Waals surface area contributed by atoms with E-state index in [-0.39, 0.29) is 6.42 Å². The zero-order chi connectivity index (χ0) is 14.5. The highest BCUT2D eigenvalue weighted by Gasteiger charge is 2.29. The first-order chi connectivity index (χ1) is 8.82. The van der Waals surface area contributed by atoms with Gasteiger partial charge in [-0.15, -0.1) is 0 Å². The highest BCUT2D eigenvalue weighted by atomic mass is 19.4. The predicted octanol–water partition coefficient (Wildman–Crippen LogP) is 3.00.